The van der Waals surface area contributed by atoms with Gasteiger partial charge in [0.25, 0.3) is 0 Å². The third-order valence-electron chi connectivity index (χ3n) is 5.60. The summed E-state index contributed by atoms with van der Waals surface area (Å²) in [6, 6.07) is 8.85. The second-order valence-electron chi connectivity index (χ2n) is 7.99. The molecular formula is C19H29NO. The molecule has 2 aliphatic rings. The minimum absolute atomic E-state index is 0.113. The minimum Gasteiger partial charge on any atom is -0.489 e. The first-order valence-electron chi connectivity index (χ1n) is 8.45. The van der Waals surface area contributed by atoms with Gasteiger partial charge in [-0.25, -0.2) is 0 Å². The van der Waals surface area contributed by atoms with E-state index in [1.54, 1.807) is 0 Å². The molecule has 2 aliphatic carbocycles. The molecule has 2 fully saturated rings. The first kappa shape index (κ1) is 14.9. The van der Waals surface area contributed by atoms with Gasteiger partial charge in [0.05, 0.1) is 0 Å². The Morgan fingerprint density at radius 3 is 2.38 bits per heavy atom. The summed E-state index contributed by atoms with van der Waals surface area (Å²) in [5.74, 6) is 1.06. The number of hydrogen-bond donors (Lipinski definition) is 1. The highest BCUT2D eigenvalue weighted by Crippen LogP contribution is 2.52. The van der Waals surface area contributed by atoms with Gasteiger partial charge in [-0.15, -0.1) is 0 Å². The van der Waals surface area contributed by atoms with Crippen molar-refractivity contribution < 1.29 is 4.74 Å². The normalized spacial score (nSPS) is 28.2. The Balaban J connectivity index is 1.81. The first-order valence-corrected chi connectivity index (χ1v) is 8.45. The van der Waals surface area contributed by atoms with Crippen LogP contribution in [0.5, 0.6) is 5.75 Å². The van der Waals surface area contributed by atoms with Crippen molar-refractivity contribution in [1.82, 2.24) is 0 Å². The SMILES string of the molecule is CC(C)(C)c1ccccc1OC1CC(N)C12CCCCC2. The summed E-state index contributed by atoms with van der Waals surface area (Å²) in [6.07, 6.45) is 7.81. The molecule has 1 spiro atoms. The van der Waals surface area contributed by atoms with Gasteiger partial charge in [0.15, 0.2) is 0 Å². The van der Waals surface area contributed by atoms with Crippen LogP contribution < -0.4 is 10.5 Å². The molecule has 0 aromatic heterocycles. The number of hydrogen-bond acceptors (Lipinski definition) is 2. The van der Waals surface area contributed by atoms with E-state index in [1.165, 1.54) is 37.7 Å². The van der Waals surface area contributed by atoms with Crippen molar-refractivity contribution >= 4 is 0 Å². The van der Waals surface area contributed by atoms with E-state index in [1.807, 2.05) is 0 Å². The zero-order chi connectivity index (χ0) is 15.1. The van der Waals surface area contributed by atoms with Gasteiger partial charge in [0.2, 0.25) is 0 Å². The Morgan fingerprint density at radius 2 is 1.76 bits per heavy atom. The van der Waals surface area contributed by atoms with Crippen LogP contribution in [0.25, 0.3) is 0 Å². The lowest BCUT2D eigenvalue weighted by atomic mass is 9.55. The molecule has 0 aliphatic heterocycles. The van der Waals surface area contributed by atoms with Gasteiger partial charge in [0, 0.05) is 17.9 Å². The van der Waals surface area contributed by atoms with Crippen molar-refractivity contribution in [2.45, 2.75) is 76.9 Å². The fraction of sp³-hybridized carbons (Fsp3) is 0.684. The van der Waals surface area contributed by atoms with Crippen LogP contribution in [0, 0.1) is 5.41 Å². The second-order valence-corrected chi connectivity index (χ2v) is 7.99. The number of nitrogens with two attached hydrogens (primary N) is 1. The first-order chi connectivity index (χ1) is 9.93. The number of ether oxygens (including phenoxy) is 1. The zero-order valence-electron chi connectivity index (χ0n) is 13.7. The van der Waals surface area contributed by atoms with Gasteiger partial charge in [-0.3, -0.25) is 0 Å². The summed E-state index contributed by atoms with van der Waals surface area (Å²) >= 11 is 0. The second kappa shape index (κ2) is 5.31. The molecule has 0 radical (unpaired) electrons. The molecule has 2 saturated carbocycles. The van der Waals surface area contributed by atoms with Crippen LogP contribution in [-0.4, -0.2) is 12.1 Å². The Kier molecular flexibility index (Phi) is 3.77. The quantitative estimate of drug-likeness (QED) is 0.874. The van der Waals surface area contributed by atoms with Gasteiger partial charge < -0.3 is 10.5 Å². The fourth-order valence-electron chi connectivity index (χ4n) is 4.19. The highest BCUT2D eigenvalue weighted by molar-refractivity contribution is 5.39. The van der Waals surface area contributed by atoms with E-state index in [9.17, 15) is 0 Å². The predicted molar refractivity (Wildman–Crippen MR) is 87.7 cm³/mol. The van der Waals surface area contributed by atoms with E-state index in [-0.39, 0.29) is 10.8 Å². The predicted octanol–water partition coefficient (Wildman–Crippen LogP) is 4.41. The number of rotatable bonds is 2. The van der Waals surface area contributed by atoms with Crippen molar-refractivity contribution in [2.75, 3.05) is 0 Å². The van der Waals surface area contributed by atoms with Crippen molar-refractivity contribution in [3.63, 3.8) is 0 Å². The summed E-state index contributed by atoms with van der Waals surface area (Å²) in [5.41, 5.74) is 8.04. The maximum Gasteiger partial charge on any atom is 0.123 e. The number of para-hydroxylation sites is 1. The Labute approximate surface area is 129 Å². The summed E-state index contributed by atoms with van der Waals surface area (Å²) < 4.78 is 6.49. The maximum atomic E-state index is 6.49. The molecule has 1 aromatic carbocycles. The van der Waals surface area contributed by atoms with Gasteiger partial charge in [-0.2, -0.15) is 0 Å². The van der Waals surface area contributed by atoms with E-state index in [2.05, 4.69) is 45.0 Å². The Morgan fingerprint density at radius 1 is 1.10 bits per heavy atom. The average Bonchev–Trinajstić information content (AvgIpc) is 2.47. The molecule has 21 heavy (non-hydrogen) atoms. The molecule has 0 heterocycles. The summed E-state index contributed by atoms with van der Waals surface area (Å²) in [4.78, 5) is 0. The molecule has 2 atom stereocenters. The number of benzene rings is 1. The molecule has 2 unspecified atom stereocenters. The van der Waals surface area contributed by atoms with E-state index in [0.29, 0.717) is 12.1 Å². The molecule has 2 nitrogen and oxygen atoms in total. The van der Waals surface area contributed by atoms with Crippen LogP contribution >= 0.6 is 0 Å². The van der Waals surface area contributed by atoms with Crippen LogP contribution in [0.1, 0.15) is 64.9 Å². The third-order valence-corrected chi connectivity index (χ3v) is 5.60. The van der Waals surface area contributed by atoms with Crippen LogP contribution in [0.2, 0.25) is 0 Å². The van der Waals surface area contributed by atoms with Crippen LogP contribution in [0.15, 0.2) is 24.3 Å². The van der Waals surface area contributed by atoms with Crippen LogP contribution in [-0.2, 0) is 5.41 Å². The van der Waals surface area contributed by atoms with Gasteiger partial charge in [-0.1, -0.05) is 58.2 Å². The third kappa shape index (κ3) is 2.59. The van der Waals surface area contributed by atoms with Gasteiger partial charge in [0.1, 0.15) is 11.9 Å². The highest BCUT2D eigenvalue weighted by atomic mass is 16.5. The molecule has 0 bridgehead atoms. The Hall–Kier alpha value is -1.02. The summed E-state index contributed by atoms with van der Waals surface area (Å²) in [5, 5.41) is 0. The van der Waals surface area contributed by atoms with Crippen molar-refractivity contribution in [3.8, 4) is 5.75 Å². The molecule has 0 saturated heterocycles. The fourth-order valence-corrected chi connectivity index (χ4v) is 4.19. The van der Waals surface area contributed by atoms with E-state index < -0.39 is 0 Å². The van der Waals surface area contributed by atoms with Gasteiger partial charge in [-0.05, 0) is 29.9 Å². The summed E-state index contributed by atoms with van der Waals surface area (Å²) in [6.45, 7) is 6.74. The van der Waals surface area contributed by atoms with Crippen LogP contribution in [0.4, 0.5) is 0 Å². The molecule has 1 aromatic rings. The zero-order valence-corrected chi connectivity index (χ0v) is 13.7. The minimum atomic E-state index is 0.113. The van der Waals surface area contributed by atoms with Gasteiger partial charge >= 0.3 is 0 Å². The average molecular weight is 287 g/mol. The van der Waals surface area contributed by atoms with Crippen LogP contribution in [0.3, 0.4) is 0 Å². The largest absolute Gasteiger partial charge is 0.489 e. The smallest absolute Gasteiger partial charge is 0.123 e. The monoisotopic (exact) mass is 287 g/mol. The molecule has 2 N–H and O–H groups in total. The molecule has 116 valence electrons. The lowest BCUT2D eigenvalue weighted by molar-refractivity contribution is -0.0904. The van der Waals surface area contributed by atoms with E-state index in [4.69, 9.17) is 10.5 Å². The lowest BCUT2D eigenvalue weighted by Crippen LogP contribution is -2.64. The molecule has 0 amide bonds. The maximum absolute atomic E-state index is 6.49. The highest BCUT2D eigenvalue weighted by Gasteiger charge is 2.55. The van der Waals surface area contributed by atoms with E-state index in [0.717, 1.165) is 12.2 Å². The Bertz CT molecular complexity index is 497. The standard InChI is InChI=1S/C19H29NO/c1-18(2,3)14-9-5-6-10-15(14)21-17-13-16(20)19(17)11-7-4-8-12-19/h5-6,9-10,16-17H,4,7-8,11-13,20H2,1-3H3. The topological polar surface area (TPSA) is 35.2 Å². The van der Waals surface area contributed by atoms with Crippen molar-refractivity contribution in [3.05, 3.63) is 29.8 Å². The van der Waals surface area contributed by atoms with Crippen molar-refractivity contribution in [1.29, 1.82) is 0 Å². The lowest BCUT2D eigenvalue weighted by Gasteiger charge is -2.56. The molecular weight excluding hydrogens is 258 g/mol. The summed E-state index contributed by atoms with van der Waals surface area (Å²) in [7, 11) is 0. The molecule has 3 rings (SSSR count). The molecule has 2 heteroatoms. The van der Waals surface area contributed by atoms with Crippen molar-refractivity contribution in [2.24, 2.45) is 11.1 Å². The van der Waals surface area contributed by atoms with E-state index >= 15 is 0 Å².